The number of fused-ring (bicyclic) bond motifs is 2. The molecule has 0 saturated heterocycles. The van der Waals surface area contributed by atoms with Crippen molar-refractivity contribution in [2.24, 2.45) is 0 Å². The van der Waals surface area contributed by atoms with Gasteiger partial charge in [-0.3, -0.25) is 0 Å². The lowest BCUT2D eigenvalue weighted by molar-refractivity contribution is 0.600. The first kappa shape index (κ1) is 28.3. The van der Waals surface area contributed by atoms with Crippen LogP contribution < -0.4 is 10.4 Å². The molecule has 5 rings (SSSR count). The molecule has 3 aromatic carbocycles. The molecule has 0 aromatic heterocycles. The van der Waals surface area contributed by atoms with Crippen LogP contribution in [0, 0.1) is 35.8 Å². The molecule has 0 radical (unpaired) electrons. The summed E-state index contributed by atoms with van der Waals surface area (Å²) in [4.78, 5) is 7.13. The fraction of sp³-hybridized carbons (Fsp3) is 0.125. The summed E-state index contributed by atoms with van der Waals surface area (Å²) in [7, 11) is -6.89. The van der Waals surface area contributed by atoms with Crippen molar-refractivity contribution in [3.05, 3.63) is 115 Å². The van der Waals surface area contributed by atoms with E-state index in [0.717, 1.165) is 45.2 Å². The van der Waals surface area contributed by atoms with Gasteiger partial charge < -0.3 is 0 Å². The Morgan fingerprint density at radius 2 is 1.07 bits per heavy atom. The maximum Gasteiger partial charge on any atom is 0.522 e. The fourth-order valence-corrected chi connectivity index (χ4v) is 6.71. The molecule has 0 unspecified atom stereocenters. The molecule has 3 aromatic rings. The molecule has 0 fully saturated rings. The third-order valence-electron chi connectivity index (χ3n) is 7.35. The van der Waals surface area contributed by atoms with Crippen LogP contribution in [0.3, 0.4) is 0 Å². The van der Waals surface area contributed by atoms with E-state index in [2.05, 4.69) is 9.69 Å². The van der Waals surface area contributed by atoms with Gasteiger partial charge in [-0.25, -0.2) is 16.8 Å². The minimum absolute atomic E-state index is 0.0315. The van der Waals surface area contributed by atoms with E-state index in [1.807, 2.05) is 12.1 Å². The summed E-state index contributed by atoms with van der Waals surface area (Å²) in [5, 5.41) is 20.8. The lowest BCUT2D eigenvalue weighted by Crippen LogP contribution is -2.22. The van der Waals surface area contributed by atoms with Crippen LogP contribution in [0.5, 0.6) is 0 Å². The Morgan fingerprint density at radius 1 is 0.690 bits per heavy atom. The van der Waals surface area contributed by atoms with Gasteiger partial charge in [-0.05, 0) is 86.2 Å². The van der Waals surface area contributed by atoms with Gasteiger partial charge in [0, 0.05) is 18.9 Å². The largest absolute Gasteiger partial charge is 0.522 e. The maximum absolute atomic E-state index is 12.1. The smallest absolute Gasteiger partial charge is 0.224 e. The number of rotatable bonds is 4. The van der Waals surface area contributed by atoms with Crippen molar-refractivity contribution in [2.45, 2.75) is 22.6 Å². The monoisotopic (exact) mass is 588 g/mol. The molecule has 0 saturated carbocycles. The maximum atomic E-state index is 12.1. The van der Waals surface area contributed by atoms with Gasteiger partial charge in [0.1, 0.15) is 30.9 Å². The molecule has 0 atom stereocenters. The molecule has 2 aliphatic rings. The van der Waals surface area contributed by atoms with E-state index in [0.29, 0.717) is 22.3 Å². The second-order valence-electron chi connectivity index (χ2n) is 9.97. The first-order valence-corrected chi connectivity index (χ1v) is 16.2. The van der Waals surface area contributed by atoms with Crippen LogP contribution in [-0.4, -0.2) is 29.3 Å². The highest BCUT2D eigenvalue weighted by molar-refractivity contribution is 7.91. The number of benzene rings is 3. The van der Waals surface area contributed by atoms with Crippen molar-refractivity contribution in [1.29, 1.82) is 10.5 Å². The molecular weight excluding hydrogens is 569 g/mol. The number of allylic oxidation sites excluding steroid dienone is 3. The first-order chi connectivity index (χ1) is 19.9. The normalized spacial score (nSPS) is 13.4. The van der Waals surface area contributed by atoms with Crippen LogP contribution in [0.4, 0.5) is 0 Å². The average Bonchev–Trinajstić information content (AvgIpc) is 3.57. The Balaban J connectivity index is 1.94. The van der Waals surface area contributed by atoms with E-state index in [1.165, 1.54) is 24.3 Å². The van der Waals surface area contributed by atoms with E-state index in [-0.39, 0.29) is 34.0 Å². The van der Waals surface area contributed by atoms with Gasteiger partial charge in [-0.2, -0.15) is 20.2 Å². The van der Waals surface area contributed by atoms with Crippen molar-refractivity contribution >= 4 is 31.8 Å². The van der Waals surface area contributed by atoms with Crippen LogP contribution in [0.1, 0.15) is 11.1 Å². The van der Waals surface area contributed by atoms with Crippen molar-refractivity contribution < 1.29 is 16.8 Å². The van der Waals surface area contributed by atoms with Gasteiger partial charge in [0.05, 0.1) is 15.4 Å². The molecule has 204 valence electrons. The Bertz CT molecular complexity index is 2100. The van der Waals surface area contributed by atoms with Gasteiger partial charge in [0.25, 0.3) is 0 Å². The first-order valence-electron chi connectivity index (χ1n) is 12.4. The van der Waals surface area contributed by atoms with Gasteiger partial charge in [0.15, 0.2) is 19.7 Å². The molecule has 10 heteroatoms. The van der Waals surface area contributed by atoms with E-state index >= 15 is 0 Å². The zero-order valence-corrected chi connectivity index (χ0v) is 24.1. The third-order valence-corrected chi connectivity index (χ3v) is 9.61. The third kappa shape index (κ3) is 4.80. The van der Waals surface area contributed by atoms with Gasteiger partial charge >= 0.3 is 5.82 Å². The summed E-state index contributed by atoms with van der Waals surface area (Å²) >= 11 is 0. The van der Waals surface area contributed by atoms with Crippen LogP contribution >= 0.6 is 0 Å². The highest BCUT2D eigenvalue weighted by Gasteiger charge is 2.29. The minimum Gasteiger partial charge on any atom is -0.224 e. The van der Waals surface area contributed by atoms with Crippen LogP contribution in [0.15, 0.2) is 80.9 Å². The van der Waals surface area contributed by atoms with E-state index in [1.54, 1.807) is 36.4 Å². The average molecular weight is 589 g/mol. The minimum atomic E-state index is -3.45. The van der Waals surface area contributed by atoms with E-state index in [9.17, 15) is 27.4 Å². The highest BCUT2D eigenvalue weighted by Crippen LogP contribution is 2.35. The lowest BCUT2D eigenvalue weighted by atomic mass is 9.87. The molecule has 42 heavy (non-hydrogen) atoms. The number of nitrogens with zero attached hydrogens (tertiary/aromatic N) is 4. The summed E-state index contributed by atoms with van der Waals surface area (Å²) in [6, 6.07) is 16.8. The lowest BCUT2D eigenvalue weighted by Gasteiger charge is -2.17. The molecular formula is C32H20N4O4S2. The molecule has 2 aliphatic carbocycles. The molecule has 0 N–H and O–H groups in total. The van der Waals surface area contributed by atoms with Crippen molar-refractivity contribution in [3.8, 4) is 34.4 Å². The van der Waals surface area contributed by atoms with Crippen LogP contribution in [0.25, 0.3) is 44.1 Å². The molecule has 0 bridgehead atoms. The zero-order valence-electron chi connectivity index (χ0n) is 22.4. The Labute approximate surface area is 243 Å². The summed E-state index contributed by atoms with van der Waals surface area (Å²) in [5.74, 6) is -0.0658. The number of sulfone groups is 2. The van der Waals surface area contributed by atoms with Gasteiger partial charge in [0.2, 0.25) is 0 Å². The summed E-state index contributed by atoms with van der Waals surface area (Å²) in [6.45, 7) is 15.1. The number of nitriles is 2. The standard InChI is InChI=1S/C32H20N4O4S2/c1-35-32(36-2)22-15-28-29(16-22)31(20-7-11-25(12-8-20)42(4,39)40)27-14-21(23(17-33)18-34)13-26(27)30(28)19-5-9-24(10-6-19)41(3,37)38/h5-13,16H,14-15H2,3-4H3. The predicted octanol–water partition coefficient (Wildman–Crippen LogP) is 3.89. The Kier molecular flexibility index (Phi) is 6.93. The molecule has 0 amide bonds. The summed E-state index contributed by atoms with van der Waals surface area (Å²) < 4.78 is 48.5. The second kappa shape index (κ2) is 10.3. The quantitative estimate of drug-likeness (QED) is 0.336. The van der Waals surface area contributed by atoms with Gasteiger partial charge in [-0.15, -0.1) is 0 Å². The van der Waals surface area contributed by atoms with Crippen LogP contribution in [0.2, 0.25) is 0 Å². The van der Waals surface area contributed by atoms with Crippen LogP contribution in [-0.2, 0) is 32.5 Å². The molecule has 0 aliphatic heterocycles. The number of hydrogen-bond donors (Lipinski definition) is 0. The fourth-order valence-electron chi connectivity index (χ4n) is 5.45. The molecule has 8 nitrogen and oxygen atoms in total. The van der Waals surface area contributed by atoms with Crippen molar-refractivity contribution in [3.63, 3.8) is 0 Å². The summed E-state index contributed by atoms with van der Waals surface area (Å²) in [5.41, 5.74) is 5.53. The van der Waals surface area contributed by atoms with E-state index < -0.39 is 19.7 Å². The second-order valence-corrected chi connectivity index (χ2v) is 14.0. The summed E-state index contributed by atoms with van der Waals surface area (Å²) in [6.07, 6.45) is 6.35. The van der Waals surface area contributed by atoms with Gasteiger partial charge in [-0.1, -0.05) is 30.3 Å². The van der Waals surface area contributed by atoms with Crippen molar-refractivity contribution in [2.75, 3.05) is 12.5 Å². The predicted molar refractivity (Wildman–Crippen MR) is 158 cm³/mol. The topological polar surface area (TPSA) is 125 Å². The number of hydrogen-bond acceptors (Lipinski definition) is 6. The Hall–Kier alpha value is -5.26. The van der Waals surface area contributed by atoms with E-state index in [4.69, 9.17) is 13.1 Å². The zero-order chi connectivity index (χ0) is 30.4. The molecule has 0 spiro atoms. The SMILES string of the molecule is [C-]#[N+]C([N+]#[C-])=C1C=c2c(c(-c3ccc(S(C)(=O)=O)cc3)c3c(c2-c2ccc(S(C)(=O)=O)cc2)CC(=C(C#N)C#N)C=3)C1. The highest BCUT2D eigenvalue weighted by atomic mass is 32.2. The molecule has 0 heterocycles. The van der Waals surface area contributed by atoms with Crippen molar-refractivity contribution in [1.82, 2.24) is 0 Å². The Morgan fingerprint density at radius 3 is 1.43 bits per heavy atom.